The van der Waals surface area contributed by atoms with Gasteiger partial charge in [0.2, 0.25) is 0 Å². The molecule has 37 valence electrons. The standard InChI is InChI=1S/C5H13N/c1-5-6(2,3)4/h1,5H2,2-4H3/q+1. The molecule has 0 N–H and O–H groups in total. The predicted molar refractivity (Wildman–Crippen MR) is 28.3 cm³/mol. The van der Waals surface area contributed by atoms with Crippen molar-refractivity contribution in [1.29, 1.82) is 0 Å². The highest BCUT2D eigenvalue weighted by Gasteiger charge is 1.97. The van der Waals surface area contributed by atoms with Crippen molar-refractivity contribution < 1.29 is 4.48 Å². The van der Waals surface area contributed by atoms with E-state index in [9.17, 15) is 0 Å². The molecule has 0 atom stereocenters. The molecule has 0 aliphatic rings. The van der Waals surface area contributed by atoms with Gasteiger partial charge in [-0.3, -0.25) is 0 Å². The third kappa shape index (κ3) is 3.96. The van der Waals surface area contributed by atoms with Crippen LogP contribution in [0.1, 0.15) is 0 Å². The number of quaternary nitrogens is 1. The summed E-state index contributed by atoms with van der Waals surface area (Å²) >= 11 is 0. The lowest BCUT2D eigenvalue weighted by Crippen LogP contribution is -2.33. The van der Waals surface area contributed by atoms with E-state index in [2.05, 4.69) is 28.1 Å². The maximum absolute atomic E-state index is 3.73. The van der Waals surface area contributed by atoms with Crippen molar-refractivity contribution in [3.05, 3.63) is 6.92 Å². The van der Waals surface area contributed by atoms with Gasteiger partial charge in [-0.1, -0.05) is 0 Å². The summed E-state index contributed by atoms with van der Waals surface area (Å²) in [6.07, 6.45) is 0. The number of hydrogen-bond donors (Lipinski definition) is 0. The second-order valence-electron chi connectivity index (χ2n) is 2.51. The summed E-state index contributed by atoms with van der Waals surface area (Å²) in [5, 5.41) is 0. The maximum atomic E-state index is 3.73. The van der Waals surface area contributed by atoms with E-state index in [0.29, 0.717) is 0 Å². The van der Waals surface area contributed by atoms with E-state index in [1.165, 1.54) is 0 Å². The molecular weight excluding hydrogens is 74.1 g/mol. The van der Waals surface area contributed by atoms with Crippen molar-refractivity contribution in [1.82, 2.24) is 0 Å². The van der Waals surface area contributed by atoms with E-state index in [1.54, 1.807) is 0 Å². The average molecular weight is 87.2 g/mol. The van der Waals surface area contributed by atoms with Gasteiger partial charge >= 0.3 is 0 Å². The molecule has 0 saturated carbocycles. The van der Waals surface area contributed by atoms with Crippen molar-refractivity contribution in [3.8, 4) is 0 Å². The molecule has 0 heterocycles. The van der Waals surface area contributed by atoms with E-state index >= 15 is 0 Å². The van der Waals surface area contributed by atoms with Crippen molar-refractivity contribution in [2.75, 3.05) is 27.7 Å². The van der Waals surface area contributed by atoms with Gasteiger partial charge in [0.05, 0.1) is 27.7 Å². The fourth-order valence-electron chi connectivity index (χ4n) is 0. The van der Waals surface area contributed by atoms with Crippen LogP contribution >= 0.6 is 0 Å². The third-order valence-electron chi connectivity index (χ3n) is 0.671. The Balaban J connectivity index is 3.17. The summed E-state index contributed by atoms with van der Waals surface area (Å²) in [4.78, 5) is 0. The summed E-state index contributed by atoms with van der Waals surface area (Å²) in [6.45, 7) is 4.69. The highest BCUT2D eigenvalue weighted by molar-refractivity contribution is 4.25. The number of hydrogen-bond acceptors (Lipinski definition) is 0. The minimum Gasteiger partial charge on any atom is -0.331 e. The van der Waals surface area contributed by atoms with Gasteiger partial charge in [-0.15, -0.1) is 0 Å². The molecule has 0 rings (SSSR count). The van der Waals surface area contributed by atoms with Gasteiger partial charge in [0.25, 0.3) is 0 Å². The molecule has 1 nitrogen and oxygen atoms in total. The van der Waals surface area contributed by atoms with E-state index < -0.39 is 0 Å². The minimum absolute atomic E-state index is 0.958. The lowest BCUT2D eigenvalue weighted by Gasteiger charge is -2.20. The Morgan fingerprint density at radius 2 is 1.50 bits per heavy atom. The molecule has 0 aromatic heterocycles. The van der Waals surface area contributed by atoms with Crippen LogP contribution in [-0.2, 0) is 0 Å². The topological polar surface area (TPSA) is 0 Å². The monoisotopic (exact) mass is 87.1 g/mol. The molecule has 0 aromatic rings. The smallest absolute Gasteiger partial charge is 0.0782 e. The number of rotatable bonds is 1. The van der Waals surface area contributed by atoms with Gasteiger partial charge in [0.1, 0.15) is 0 Å². The van der Waals surface area contributed by atoms with Crippen molar-refractivity contribution in [2.45, 2.75) is 0 Å². The second kappa shape index (κ2) is 1.61. The first-order valence-electron chi connectivity index (χ1n) is 2.16. The van der Waals surface area contributed by atoms with Crippen LogP contribution in [0.3, 0.4) is 0 Å². The van der Waals surface area contributed by atoms with Crippen molar-refractivity contribution >= 4 is 0 Å². The van der Waals surface area contributed by atoms with Crippen LogP contribution in [0, 0.1) is 6.92 Å². The molecule has 0 spiro atoms. The van der Waals surface area contributed by atoms with Crippen LogP contribution in [0.5, 0.6) is 0 Å². The average Bonchev–Trinajstić information content (AvgIpc) is 1.35. The highest BCUT2D eigenvalue weighted by atomic mass is 15.3. The van der Waals surface area contributed by atoms with E-state index in [0.717, 1.165) is 11.0 Å². The van der Waals surface area contributed by atoms with Gasteiger partial charge in [-0.05, 0) is 0 Å². The zero-order chi connectivity index (χ0) is 5.21. The van der Waals surface area contributed by atoms with Crippen molar-refractivity contribution in [2.24, 2.45) is 0 Å². The summed E-state index contributed by atoms with van der Waals surface area (Å²) in [6, 6.07) is 0. The van der Waals surface area contributed by atoms with Crippen LogP contribution in [0.2, 0.25) is 0 Å². The third-order valence-corrected chi connectivity index (χ3v) is 0.671. The predicted octanol–water partition coefficient (Wildman–Crippen LogP) is 0.527. The fraction of sp³-hybridized carbons (Fsp3) is 0.800. The van der Waals surface area contributed by atoms with E-state index in [-0.39, 0.29) is 0 Å². The molecule has 1 heteroatoms. The molecule has 0 aliphatic carbocycles. The van der Waals surface area contributed by atoms with Crippen LogP contribution in [-0.4, -0.2) is 32.2 Å². The van der Waals surface area contributed by atoms with Crippen LogP contribution in [0.15, 0.2) is 0 Å². The maximum Gasteiger partial charge on any atom is 0.0782 e. The molecular formula is C5H13N+. The normalized spacial score (nSPS) is 12.0. The quantitative estimate of drug-likeness (QED) is 0.409. The molecule has 0 saturated heterocycles. The Bertz CT molecular complexity index is 33.7. The Hall–Kier alpha value is -0.0400. The summed E-state index contributed by atoms with van der Waals surface area (Å²) in [5.74, 6) is 0. The molecule has 1 radical (unpaired) electrons. The van der Waals surface area contributed by atoms with Gasteiger partial charge < -0.3 is 4.48 Å². The molecule has 0 bridgehead atoms. The highest BCUT2D eigenvalue weighted by Crippen LogP contribution is 1.83. The molecule has 6 heavy (non-hydrogen) atoms. The van der Waals surface area contributed by atoms with Crippen molar-refractivity contribution in [3.63, 3.8) is 0 Å². The fourth-order valence-corrected chi connectivity index (χ4v) is 0. The lowest BCUT2D eigenvalue weighted by atomic mass is 10.6. The van der Waals surface area contributed by atoms with Crippen LogP contribution in [0.4, 0.5) is 0 Å². The Labute approximate surface area is 40.2 Å². The second-order valence-corrected chi connectivity index (χ2v) is 2.51. The number of nitrogens with zero attached hydrogens (tertiary/aromatic N) is 1. The van der Waals surface area contributed by atoms with Gasteiger partial charge in [-0.2, -0.15) is 0 Å². The first-order chi connectivity index (χ1) is 2.56. The summed E-state index contributed by atoms with van der Waals surface area (Å²) in [7, 11) is 6.35. The Morgan fingerprint density at radius 1 is 1.33 bits per heavy atom. The lowest BCUT2D eigenvalue weighted by molar-refractivity contribution is -0.864. The summed E-state index contributed by atoms with van der Waals surface area (Å²) in [5.41, 5.74) is 0. The van der Waals surface area contributed by atoms with E-state index in [4.69, 9.17) is 0 Å². The van der Waals surface area contributed by atoms with Crippen LogP contribution < -0.4 is 0 Å². The Kier molecular flexibility index (Phi) is 1.59. The molecule has 0 aromatic carbocycles. The van der Waals surface area contributed by atoms with Crippen LogP contribution in [0.25, 0.3) is 0 Å². The van der Waals surface area contributed by atoms with Gasteiger partial charge in [-0.25, -0.2) is 0 Å². The van der Waals surface area contributed by atoms with E-state index in [1.807, 2.05) is 0 Å². The van der Waals surface area contributed by atoms with Gasteiger partial charge in [0.15, 0.2) is 0 Å². The van der Waals surface area contributed by atoms with Gasteiger partial charge in [0, 0.05) is 6.92 Å². The molecule has 0 aliphatic heterocycles. The molecule has 0 fully saturated rings. The summed E-state index contributed by atoms with van der Waals surface area (Å²) < 4.78 is 0.958. The Morgan fingerprint density at radius 3 is 1.50 bits per heavy atom. The first kappa shape index (κ1) is 5.96. The molecule has 0 amide bonds. The SMILES string of the molecule is [CH2]C[N+](C)(C)C. The largest absolute Gasteiger partial charge is 0.331 e. The first-order valence-corrected chi connectivity index (χ1v) is 2.16. The minimum atomic E-state index is 0.958. The molecule has 0 unspecified atom stereocenters. The zero-order valence-corrected chi connectivity index (χ0v) is 4.86. The zero-order valence-electron chi connectivity index (χ0n) is 4.86.